The van der Waals surface area contributed by atoms with Crippen LogP contribution in [0.1, 0.15) is 169 Å². The van der Waals surface area contributed by atoms with Gasteiger partial charge in [-0.25, -0.2) is 38.1 Å². The molecule has 2 aliphatic carbocycles. The van der Waals surface area contributed by atoms with E-state index in [2.05, 4.69) is 178 Å². The predicted octanol–water partition coefficient (Wildman–Crippen LogP) is 20.7. The minimum Gasteiger partial charge on any atom is -0.349 e. The number of fused-ring (bicyclic) bond motifs is 5. The van der Waals surface area contributed by atoms with Crippen LogP contribution in [0.4, 0.5) is 13.2 Å². The lowest BCUT2D eigenvalue weighted by Crippen LogP contribution is -2.62. The number of hydrogen-bond acceptors (Lipinski definition) is 19. The summed E-state index contributed by atoms with van der Waals surface area (Å²) in [7, 11) is 0. The van der Waals surface area contributed by atoms with Gasteiger partial charge in [0.15, 0.2) is 29.1 Å². The molecular formula is C106H106F3N29O2. The molecule has 140 heavy (non-hydrogen) atoms. The van der Waals surface area contributed by atoms with E-state index in [9.17, 15) is 22.8 Å². The van der Waals surface area contributed by atoms with Crippen molar-refractivity contribution in [3.8, 4) is 113 Å². The molecule has 2 amide bonds. The third-order valence-corrected chi connectivity index (χ3v) is 26.3. The number of carbonyl (C=O) groups excluding carboxylic acids is 2. The Labute approximate surface area is 802 Å². The van der Waals surface area contributed by atoms with E-state index in [-0.39, 0.29) is 52.4 Å². The number of amides is 2. The highest BCUT2D eigenvalue weighted by Crippen LogP contribution is 2.40. The molecule has 0 bridgehead atoms. The van der Waals surface area contributed by atoms with Crippen LogP contribution < -0.4 is 21.3 Å². The van der Waals surface area contributed by atoms with E-state index in [0.717, 1.165) is 220 Å². The molecule has 2 saturated carbocycles. The Hall–Kier alpha value is -16.1. The summed E-state index contributed by atoms with van der Waals surface area (Å²) in [6, 6.07) is 64.6. The number of halogens is 3. The highest BCUT2D eigenvalue weighted by atomic mass is 19.1. The Kier molecular flexibility index (Phi) is 26.6. The number of piperidine rings is 2. The standard InChI is InChI=1S/C25H29N7O.C21H21N7O.2C20H18FN5.C20H20FN5/c1-24(2)12-18(13-25(3,4)32-24)28-23(33)17-7-5-6-15(10-17)21-19-11-16(22-26-14-27-31-22)8-9-20(19)29-30-21;29-21(25-16-6-8-22-9-7-16)15-3-1-2-13(10-15)19-17-11-14(20-23-12-24-28-20)4-5-18(17)26-27-19;21-15-7-4-13(5-8-15)19-16-11-14(6-9-17(16)23-25-19)20-22-18(24-26-20)10-12-2-1-3-12;21-15-8-5-12(6-9-15)18-16-11-14(7-10-17(16)23-24-18)20-22-19(25-26-20)13-3-1-2-4-13;1-2-3-4-5-18-22-20(26-24-18)14-8-11-17-16(12-14)19(25-23-17)13-6-9-15(21)10-7-13/h5-11,14,18,32H,12-13H2,1-4H3,(H,28,33)(H,29,30)(H,26,27,31);1-5,10-12,16,22H,6-9H2,(H,25,29)(H,26,27)(H,23,24,28);4-9,11-12H,1-3,10H2,(H,23,25)(H,22,24,26);5-11,13H,1-4H2,(H,23,24)(H,22,25,26);6-12H,2-5H2,1H3,(H,23,25)(H,22,24,26). The van der Waals surface area contributed by atoms with Gasteiger partial charge in [0.2, 0.25) is 0 Å². The van der Waals surface area contributed by atoms with Gasteiger partial charge in [-0.15, -0.1) is 0 Å². The number of unbranched alkanes of at least 4 members (excludes halogenated alkanes) is 2. The summed E-state index contributed by atoms with van der Waals surface area (Å²) in [6.45, 7) is 12.8. The fourth-order valence-electron chi connectivity index (χ4n) is 19.3. The summed E-state index contributed by atoms with van der Waals surface area (Å²) in [5.74, 6) is 6.74. The van der Waals surface area contributed by atoms with E-state index >= 15 is 0 Å². The average molecular weight is 1880 g/mol. The number of benzene rings is 10. The Morgan fingerprint density at radius 3 is 1.17 bits per heavy atom. The first-order valence-corrected chi connectivity index (χ1v) is 47.7. The molecule has 14 N–H and O–H groups in total. The van der Waals surface area contributed by atoms with Crippen molar-refractivity contribution < 1.29 is 22.8 Å². The molecule has 34 heteroatoms. The predicted molar refractivity (Wildman–Crippen MR) is 535 cm³/mol. The number of aryl methyl sites for hydroxylation is 1. The van der Waals surface area contributed by atoms with E-state index in [1.54, 1.807) is 36.4 Å². The van der Waals surface area contributed by atoms with E-state index in [1.165, 1.54) is 107 Å². The van der Waals surface area contributed by atoms with Crippen molar-refractivity contribution in [1.29, 1.82) is 0 Å². The summed E-state index contributed by atoms with van der Waals surface area (Å²) in [5.41, 5.74) is 18.9. The SMILES string of the molecule is CC1(C)CC(NC(=O)c2cccc(-c3n[nH]c4ccc(-c5ncn[nH]5)cc34)c2)CC(C)(C)N1.CCCCCc1nc(-c2ccc3[nH]nc(-c4ccc(F)cc4)c3c2)n[nH]1.Fc1ccc(-c2n[nH]c3ccc(-c4n[nH]c(C5CCCC5)n4)cc23)cc1.Fc1ccc(-c2n[nH]c3ccc(-c4n[nH]c(CC5CCC5)n4)cc23)cc1.O=C(NC1CCNCC1)c1cccc(-c2n[nH]c3ccc(-c4ncn[nH]4)cc23)c1. The molecule has 10 aromatic heterocycles. The second-order valence-corrected chi connectivity index (χ2v) is 37.7. The van der Waals surface area contributed by atoms with Crippen molar-refractivity contribution in [2.45, 2.75) is 166 Å². The molecule has 2 saturated heterocycles. The Morgan fingerprint density at radius 1 is 0.371 bits per heavy atom. The number of H-pyrrole nitrogens is 10. The number of hydrogen-bond donors (Lipinski definition) is 14. The molecule has 0 radical (unpaired) electrons. The minimum absolute atomic E-state index is 0.0310. The molecule has 2 aliphatic heterocycles. The zero-order valence-corrected chi connectivity index (χ0v) is 78.1. The van der Waals surface area contributed by atoms with Crippen molar-refractivity contribution in [3.05, 3.63) is 271 Å². The first-order valence-electron chi connectivity index (χ1n) is 47.7. The number of aromatic nitrogens is 25. The number of carbonyl (C=O) groups is 2. The van der Waals surface area contributed by atoms with E-state index in [1.807, 2.05) is 140 Å². The monoisotopic (exact) mass is 1870 g/mol. The zero-order valence-electron chi connectivity index (χ0n) is 78.1. The molecule has 4 aliphatic rings. The zero-order chi connectivity index (χ0) is 95.8. The molecular weight excluding hydrogens is 1770 g/mol. The first kappa shape index (κ1) is 91.6. The molecule has 4 fully saturated rings. The largest absolute Gasteiger partial charge is 0.349 e. The normalized spacial score (nSPS) is 14.9. The van der Waals surface area contributed by atoms with Crippen LogP contribution in [-0.4, -0.2) is 175 Å². The topological polar surface area (TPSA) is 434 Å². The maximum atomic E-state index is 13.2. The van der Waals surface area contributed by atoms with Gasteiger partial charge in [-0.05, 0) is 280 Å². The lowest BCUT2D eigenvalue weighted by atomic mass is 9.79. The van der Waals surface area contributed by atoms with Crippen LogP contribution >= 0.6 is 0 Å². The quantitative estimate of drug-likeness (QED) is 0.0297. The Morgan fingerprint density at radius 2 is 0.757 bits per heavy atom. The second kappa shape index (κ2) is 40.7. The molecule has 0 unspecified atom stereocenters. The van der Waals surface area contributed by atoms with Gasteiger partial charge in [0, 0.05) is 136 Å². The van der Waals surface area contributed by atoms with E-state index in [4.69, 9.17) is 4.98 Å². The van der Waals surface area contributed by atoms with Crippen LogP contribution in [0.3, 0.4) is 0 Å². The molecule has 31 nitrogen and oxygen atoms in total. The highest BCUT2D eigenvalue weighted by molar-refractivity contribution is 6.02. The number of nitrogens with zero attached hydrogens (tertiary/aromatic N) is 15. The van der Waals surface area contributed by atoms with Gasteiger partial charge < -0.3 is 21.3 Å². The highest BCUT2D eigenvalue weighted by Gasteiger charge is 2.39. The van der Waals surface area contributed by atoms with Crippen molar-refractivity contribution in [1.82, 2.24) is 148 Å². The summed E-state index contributed by atoms with van der Waals surface area (Å²) in [4.78, 5) is 48.3. The Bertz CT molecular complexity index is 7660. The fourth-order valence-corrected chi connectivity index (χ4v) is 19.3. The van der Waals surface area contributed by atoms with E-state index < -0.39 is 0 Å². The summed E-state index contributed by atoms with van der Waals surface area (Å²) in [6.07, 6.45) is 20.8. The lowest BCUT2D eigenvalue weighted by Gasteiger charge is -2.46. The summed E-state index contributed by atoms with van der Waals surface area (Å²) >= 11 is 0. The summed E-state index contributed by atoms with van der Waals surface area (Å²) < 4.78 is 39.6. The maximum absolute atomic E-state index is 13.2. The fraction of sp³-hybridized carbons (Fsp3) is 0.274. The number of aromatic amines is 10. The molecule has 24 rings (SSSR count). The van der Waals surface area contributed by atoms with Crippen molar-refractivity contribution in [2.24, 2.45) is 5.92 Å². The van der Waals surface area contributed by atoms with Crippen molar-refractivity contribution in [2.75, 3.05) is 13.1 Å². The molecule has 20 aromatic rings. The average Bonchev–Trinajstić information content (AvgIpc) is 1.79. The van der Waals surface area contributed by atoms with Gasteiger partial charge in [-0.3, -0.25) is 60.6 Å². The minimum atomic E-state index is -0.259. The van der Waals surface area contributed by atoms with Gasteiger partial charge in [-0.2, -0.15) is 51.0 Å². The number of nitrogens with one attached hydrogen (secondary N) is 14. The lowest BCUT2D eigenvalue weighted by molar-refractivity contribution is 0.0871. The van der Waals surface area contributed by atoms with Gasteiger partial charge in [0.25, 0.3) is 11.8 Å². The molecule has 0 spiro atoms. The first-order chi connectivity index (χ1) is 68.2. The number of rotatable bonds is 21. The van der Waals surface area contributed by atoms with Gasteiger partial charge in [-0.1, -0.05) is 76.1 Å². The molecule has 708 valence electrons. The molecule has 10 aromatic carbocycles. The molecule has 12 heterocycles. The van der Waals surface area contributed by atoms with Gasteiger partial charge in [0.1, 0.15) is 47.6 Å². The Balaban J connectivity index is 0.000000108. The van der Waals surface area contributed by atoms with Crippen molar-refractivity contribution >= 4 is 66.3 Å². The van der Waals surface area contributed by atoms with Crippen LogP contribution in [0.5, 0.6) is 0 Å². The van der Waals surface area contributed by atoms with Crippen LogP contribution in [0.25, 0.3) is 168 Å². The van der Waals surface area contributed by atoms with E-state index in [0.29, 0.717) is 46.2 Å². The molecule has 0 atom stereocenters. The third-order valence-electron chi connectivity index (χ3n) is 26.3. The van der Waals surface area contributed by atoms with Crippen LogP contribution in [-0.2, 0) is 12.8 Å². The van der Waals surface area contributed by atoms with Crippen molar-refractivity contribution in [3.63, 3.8) is 0 Å². The van der Waals surface area contributed by atoms with Gasteiger partial charge in [0.05, 0.1) is 56.1 Å². The van der Waals surface area contributed by atoms with Crippen LogP contribution in [0.15, 0.2) is 225 Å². The third kappa shape index (κ3) is 21.1. The van der Waals surface area contributed by atoms with Crippen LogP contribution in [0.2, 0.25) is 0 Å². The maximum Gasteiger partial charge on any atom is 0.251 e. The van der Waals surface area contributed by atoms with Crippen LogP contribution in [0, 0.1) is 23.4 Å². The smallest absolute Gasteiger partial charge is 0.251 e. The van der Waals surface area contributed by atoms with Gasteiger partial charge >= 0.3 is 0 Å². The summed E-state index contributed by atoms with van der Waals surface area (Å²) in [5, 5.41) is 91.7. The second-order valence-electron chi connectivity index (χ2n) is 37.7.